The second-order valence-electron chi connectivity index (χ2n) is 11.3. The minimum atomic E-state index is -0.852. The summed E-state index contributed by atoms with van der Waals surface area (Å²) in [4.78, 5) is 40.1. The van der Waals surface area contributed by atoms with Crippen LogP contribution in [0.25, 0.3) is 6.08 Å². The number of imide groups is 2. The van der Waals surface area contributed by atoms with Gasteiger partial charge in [-0.1, -0.05) is 66.7 Å². The molecule has 51 heavy (non-hydrogen) atoms. The maximum absolute atomic E-state index is 13.6. The molecule has 0 radical (unpaired) electrons. The van der Waals surface area contributed by atoms with Gasteiger partial charge in [0.2, 0.25) is 0 Å². The molecule has 5 aromatic rings. The van der Waals surface area contributed by atoms with Crippen LogP contribution >= 0.6 is 15.9 Å². The third-order valence-corrected chi connectivity index (χ3v) is 8.45. The number of hydrogen-bond acceptors (Lipinski definition) is 8. The van der Waals surface area contributed by atoms with Gasteiger partial charge in [-0.25, -0.2) is 9.69 Å². The van der Waals surface area contributed by atoms with Gasteiger partial charge in [0.1, 0.15) is 31.1 Å². The molecule has 0 spiro atoms. The van der Waals surface area contributed by atoms with Crippen LogP contribution in [0.2, 0.25) is 0 Å². The first kappa shape index (κ1) is 34.8. The normalized spacial score (nSPS) is 13.5. The quantitative estimate of drug-likeness (QED) is 0.0957. The van der Waals surface area contributed by atoms with Crippen LogP contribution in [0.15, 0.2) is 125 Å². The molecule has 1 aliphatic heterocycles. The number of urea groups is 1. The monoisotopic (exact) mass is 748 g/mol. The van der Waals surface area contributed by atoms with Crippen LogP contribution in [0.4, 0.5) is 10.5 Å². The molecule has 6 rings (SSSR count). The maximum Gasteiger partial charge on any atom is 0.335 e. The number of anilines is 1. The first-order valence-corrected chi connectivity index (χ1v) is 16.6. The molecule has 0 atom stereocenters. The Morgan fingerprint density at radius 2 is 1.27 bits per heavy atom. The van der Waals surface area contributed by atoms with Gasteiger partial charge in [-0.05, 0) is 92.8 Å². The number of hydrogen-bond donors (Lipinski definition) is 1. The minimum Gasteiger partial charge on any atom is -0.493 e. The number of ether oxygens (including phenoxy) is 5. The van der Waals surface area contributed by atoms with Crippen LogP contribution < -0.4 is 33.9 Å². The fourth-order valence-electron chi connectivity index (χ4n) is 5.27. The van der Waals surface area contributed by atoms with Crippen molar-refractivity contribution in [1.82, 2.24) is 5.32 Å². The van der Waals surface area contributed by atoms with Crippen molar-refractivity contribution >= 4 is 45.5 Å². The van der Waals surface area contributed by atoms with Gasteiger partial charge in [0.05, 0.1) is 24.4 Å². The Kier molecular flexibility index (Phi) is 11.0. The summed E-state index contributed by atoms with van der Waals surface area (Å²) in [6, 6.07) is 34.0. The van der Waals surface area contributed by atoms with Crippen LogP contribution in [-0.4, -0.2) is 32.1 Å². The molecular weight excluding hydrogens is 716 g/mol. The molecular formula is C40H33BrN2O8. The van der Waals surface area contributed by atoms with E-state index < -0.39 is 17.8 Å². The summed E-state index contributed by atoms with van der Waals surface area (Å²) in [6.07, 6.45) is 1.39. The molecule has 0 saturated carbocycles. The van der Waals surface area contributed by atoms with E-state index in [0.29, 0.717) is 52.0 Å². The first-order chi connectivity index (χ1) is 24.8. The Bertz CT molecular complexity index is 2070. The number of halogens is 1. The van der Waals surface area contributed by atoms with Crippen molar-refractivity contribution in [3.05, 3.63) is 148 Å². The standard InChI is InChI=1S/C40H33BrN2O8/c1-47-35-21-28(13-18-34(35)50-24-27-11-7-4-8-12-27)25-51-37-33(41)20-29(22-36(37)48-2)19-32-38(44)42-40(46)43(39(32)45)30-14-16-31(17-15-30)49-23-26-9-5-3-6-10-26/h3-22H,23-25H2,1-2H3,(H,42,44,46)/b32-19-. The van der Waals surface area contributed by atoms with Crippen molar-refractivity contribution in [3.8, 4) is 28.7 Å². The van der Waals surface area contributed by atoms with Crippen LogP contribution in [0.3, 0.4) is 0 Å². The highest BCUT2D eigenvalue weighted by atomic mass is 79.9. The number of benzene rings is 5. The van der Waals surface area contributed by atoms with Gasteiger partial charge in [0.25, 0.3) is 11.8 Å². The van der Waals surface area contributed by atoms with E-state index in [1.165, 1.54) is 13.2 Å². The van der Waals surface area contributed by atoms with E-state index in [4.69, 9.17) is 23.7 Å². The van der Waals surface area contributed by atoms with Crippen molar-refractivity contribution in [2.75, 3.05) is 19.1 Å². The van der Waals surface area contributed by atoms with Crippen molar-refractivity contribution in [2.24, 2.45) is 0 Å². The van der Waals surface area contributed by atoms with Crippen LogP contribution in [0.5, 0.6) is 28.7 Å². The number of carbonyl (C=O) groups excluding carboxylic acids is 3. The Morgan fingerprint density at radius 1 is 0.647 bits per heavy atom. The summed E-state index contributed by atoms with van der Waals surface area (Å²) < 4.78 is 29.6. The lowest BCUT2D eigenvalue weighted by atomic mass is 10.1. The van der Waals surface area contributed by atoms with Crippen molar-refractivity contribution < 1.29 is 38.1 Å². The fraction of sp³-hybridized carbons (Fsp3) is 0.125. The summed E-state index contributed by atoms with van der Waals surface area (Å²) in [6.45, 7) is 0.943. The minimum absolute atomic E-state index is 0.179. The van der Waals surface area contributed by atoms with Crippen LogP contribution in [-0.2, 0) is 29.4 Å². The van der Waals surface area contributed by atoms with Gasteiger partial charge >= 0.3 is 6.03 Å². The summed E-state index contributed by atoms with van der Waals surface area (Å²) in [5, 5.41) is 2.25. The van der Waals surface area contributed by atoms with Crippen LogP contribution in [0.1, 0.15) is 22.3 Å². The highest BCUT2D eigenvalue weighted by Crippen LogP contribution is 2.39. The zero-order chi connectivity index (χ0) is 35.7. The summed E-state index contributed by atoms with van der Waals surface area (Å²) in [5.74, 6) is 0.903. The average molecular weight is 750 g/mol. The summed E-state index contributed by atoms with van der Waals surface area (Å²) in [5.41, 5.74) is 3.37. The van der Waals surface area contributed by atoms with E-state index in [2.05, 4.69) is 21.2 Å². The van der Waals surface area contributed by atoms with Gasteiger partial charge in [-0.2, -0.15) is 0 Å². The number of methoxy groups -OCH3 is 2. The first-order valence-electron chi connectivity index (χ1n) is 15.8. The fourth-order valence-corrected chi connectivity index (χ4v) is 5.84. The summed E-state index contributed by atoms with van der Waals surface area (Å²) >= 11 is 3.54. The maximum atomic E-state index is 13.6. The molecule has 1 N–H and O–H groups in total. The predicted octanol–water partition coefficient (Wildman–Crippen LogP) is 7.87. The second kappa shape index (κ2) is 16.1. The van der Waals surface area contributed by atoms with Gasteiger partial charge in [0, 0.05) is 0 Å². The zero-order valence-electron chi connectivity index (χ0n) is 27.8. The molecule has 0 aliphatic carbocycles. The van der Waals surface area contributed by atoms with Gasteiger partial charge in [-0.15, -0.1) is 0 Å². The number of carbonyl (C=O) groups is 3. The van der Waals surface area contributed by atoms with Gasteiger partial charge < -0.3 is 23.7 Å². The lowest BCUT2D eigenvalue weighted by molar-refractivity contribution is -0.122. The molecule has 10 nitrogen and oxygen atoms in total. The van der Waals surface area contributed by atoms with Gasteiger partial charge in [0.15, 0.2) is 23.0 Å². The second-order valence-corrected chi connectivity index (χ2v) is 12.2. The SMILES string of the molecule is COc1cc(COc2c(Br)cc(/C=C3/C(=O)NC(=O)N(c4ccc(OCc5ccccc5)cc4)C3=O)cc2OC)ccc1OCc1ccccc1. The number of nitrogens with zero attached hydrogens (tertiary/aromatic N) is 1. The van der Waals surface area contributed by atoms with Crippen LogP contribution in [0, 0.1) is 0 Å². The van der Waals surface area contributed by atoms with Crippen molar-refractivity contribution in [3.63, 3.8) is 0 Å². The van der Waals surface area contributed by atoms with E-state index in [0.717, 1.165) is 21.6 Å². The molecule has 1 heterocycles. The number of nitrogens with one attached hydrogen (secondary N) is 1. The molecule has 0 aromatic heterocycles. The van der Waals surface area contributed by atoms with E-state index in [-0.39, 0.29) is 17.9 Å². The molecule has 1 fully saturated rings. The molecule has 4 amide bonds. The third-order valence-electron chi connectivity index (χ3n) is 7.86. The Labute approximate surface area is 303 Å². The Balaban J connectivity index is 1.15. The molecule has 1 saturated heterocycles. The largest absolute Gasteiger partial charge is 0.493 e. The van der Waals surface area contributed by atoms with E-state index >= 15 is 0 Å². The van der Waals surface area contributed by atoms with Crippen molar-refractivity contribution in [1.29, 1.82) is 0 Å². The Morgan fingerprint density at radius 3 is 1.92 bits per heavy atom. The van der Waals surface area contributed by atoms with E-state index in [1.54, 1.807) is 43.5 Å². The third kappa shape index (κ3) is 8.39. The summed E-state index contributed by atoms with van der Waals surface area (Å²) in [7, 11) is 3.06. The molecule has 1 aliphatic rings. The highest BCUT2D eigenvalue weighted by Gasteiger charge is 2.37. The lowest BCUT2D eigenvalue weighted by Gasteiger charge is -2.26. The number of amides is 4. The molecule has 0 unspecified atom stereocenters. The molecule has 5 aromatic carbocycles. The number of rotatable bonds is 13. The average Bonchev–Trinajstić information content (AvgIpc) is 3.15. The molecule has 0 bridgehead atoms. The Hall–Kier alpha value is -6.07. The van der Waals surface area contributed by atoms with E-state index in [1.807, 2.05) is 78.9 Å². The zero-order valence-corrected chi connectivity index (χ0v) is 29.3. The van der Waals surface area contributed by atoms with E-state index in [9.17, 15) is 14.4 Å². The molecule has 11 heteroatoms. The smallest absolute Gasteiger partial charge is 0.335 e. The topological polar surface area (TPSA) is 113 Å². The number of barbiturate groups is 1. The van der Waals surface area contributed by atoms with Crippen molar-refractivity contribution in [2.45, 2.75) is 19.8 Å². The highest BCUT2D eigenvalue weighted by molar-refractivity contribution is 9.10. The predicted molar refractivity (Wildman–Crippen MR) is 195 cm³/mol. The molecule has 258 valence electrons. The lowest BCUT2D eigenvalue weighted by Crippen LogP contribution is -2.54. The van der Waals surface area contributed by atoms with Gasteiger partial charge in [-0.3, -0.25) is 14.9 Å².